The number of aromatic amines is 1. The number of anilines is 2. The van der Waals surface area contributed by atoms with Crippen LogP contribution in [0.5, 0.6) is 0 Å². The number of H-pyrrole nitrogens is 1. The number of carbonyl (C=O) groups excluding carboxylic acids is 1. The molecule has 0 saturated carbocycles. The summed E-state index contributed by atoms with van der Waals surface area (Å²) < 4.78 is 3.22. The first-order chi connectivity index (χ1) is 15.3. The highest BCUT2D eigenvalue weighted by Gasteiger charge is 2.24. The Balaban J connectivity index is 1.90. The van der Waals surface area contributed by atoms with Gasteiger partial charge < -0.3 is 10.6 Å². The molecule has 1 amide bonds. The second-order valence-electron chi connectivity index (χ2n) is 7.83. The molecule has 170 valence electrons. The minimum atomic E-state index is -0.670. The van der Waals surface area contributed by atoms with Crippen molar-refractivity contribution in [2.45, 2.75) is 53.6 Å². The van der Waals surface area contributed by atoms with E-state index in [0.29, 0.717) is 18.7 Å². The zero-order valence-corrected chi connectivity index (χ0v) is 19.0. The maximum absolute atomic E-state index is 13.2. The summed E-state index contributed by atoms with van der Waals surface area (Å²) in [4.78, 5) is 41.6. The van der Waals surface area contributed by atoms with E-state index in [1.807, 2.05) is 43.7 Å². The van der Waals surface area contributed by atoms with E-state index >= 15 is 0 Å². The summed E-state index contributed by atoms with van der Waals surface area (Å²) in [5.41, 5.74) is 8.39. The Kier molecular flexibility index (Phi) is 6.97. The van der Waals surface area contributed by atoms with Crippen molar-refractivity contribution in [3.8, 4) is 0 Å². The Bertz CT molecular complexity index is 1220. The number of aromatic nitrogens is 4. The molecule has 2 heterocycles. The molecule has 0 atom stereocenters. The number of unbranched alkanes of at least 4 members (excludes halogenated alkanes) is 1. The minimum Gasteiger partial charge on any atom is -0.383 e. The summed E-state index contributed by atoms with van der Waals surface area (Å²) in [7, 11) is 0. The lowest BCUT2D eigenvalue weighted by molar-refractivity contribution is 0.0988. The quantitative estimate of drug-likeness (QED) is 0.560. The monoisotopic (exact) mass is 438 g/mol. The van der Waals surface area contributed by atoms with Crippen molar-refractivity contribution < 1.29 is 4.79 Å². The van der Waals surface area contributed by atoms with Crippen LogP contribution in [-0.4, -0.2) is 31.8 Å². The number of nitrogen functional groups attached to an aromatic ring is 1. The number of hydrogen-bond donors (Lipinski definition) is 2. The van der Waals surface area contributed by atoms with Crippen LogP contribution in [0.15, 0.2) is 39.9 Å². The molecule has 0 bridgehead atoms. The molecule has 3 aromatic rings. The molecule has 0 radical (unpaired) electrons. The highest BCUT2D eigenvalue weighted by molar-refractivity contribution is 6.07. The first-order valence-corrected chi connectivity index (χ1v) is 10.8. The highest BCUT2D eigenvalue weighted by Crippen LogP contribution is 2.20. The van der Waals surface area contributed by atoms with Gasteiger partial charge in [0.2, 0.25) is 0 Å². The van der Waals surface area contributed by atoms with Crippen molar-refractivity contribution in [1.82, 2.24) is 19.3 Å². The number of nitrogens with two attached hydrogens (primary N) is 1. The van der Waals surface area contributed by atoms with Crippen molar-refractivity contribution >= 4 is 17.4 Å². The van der Waals surface area contributed by atoms with Crippen LogP contribution in [-0.2, 0) is 13.1 Å². The van der Waals surface area contributed by atoms with Gasteiger partial charge in [-0.2, -0.15) is 5.10 Å². The van der Waals surface area contributed by atoms with E-state index in [-0.39, 0.29) is 24.0 Å². The minimum absolute atomic E-state index is 0.0000734. The largest absolute Gasteiger partial charge is 0.383 e. The van der Waals surface area contributed by atoms with Gasteiger partial charge in [-0.15, -0.1) is 0 Å². The van der Waals surface area contributed by atoms with Gasteiger partial charge in [0, 0.05) is 24.3 Å². The van der Waals surface area contributed by atoms with Crippen molar-refractivity contribution in [1.29, 1.82) is 0 Å². The van der Waals surface area contributed by atoms with Crippen LogP contribution in [0.1, 0.15) is 54.0 Å². The molecule has 32 heavy (non-hydrogen) atoms. The topological polar surface area (TPSA) is 119 Å². The standard InChI is InChI=1S/C23H30N6O3/c1-5-7-12-28-20(24)19(21(30)25-23(28)32)27(6-2)22(31)18-10-8-17(9-11-18)14-29-16(4)13-15(3)26-29/h8-11,13H,5-7,12,14,24H2,1-4H3,(H,25,30,32). The normalized spacial score (nSPS) is 11.0. The number of nitrogens with zero attached hydrogens (tertiary/aromatic N) is 4. The van der Waals surface area contributed by atoms with Gasteiger partial charge in [0.1, 0.15) is 5.82 Å². The molecule has 0 spiro atoms. The number of nitrogens with one attached hydrogen (secondary N) is 1. The van der Waals surface area contributed by atoms with E-state index in [0.717, 1.165) is 29.8 Å². The number of benzene rings is 1. The molecular weight excluding hydrogens is 408 g/mol. The Morgan fingerprint density at radius 2 is 1.84 bits per heavy atom. The molecule has 9 heteroatoms. The van der Waals surface area contributed by atoms with E-state index in [1.165, 1.54) is 9.47 Å². The van der Waals surface area contributed by atoms with Crippen molar-refractivity contribution in [2.75, 3.05) is 17.2 Å². The lowest BCUT2D eigenvalue weighted by atomic mass is 10.1. The van der Waals surface area contributed by atoms with Crippen LogP contribution in [0.25, 0.3) is 0 Å². The fraction of sp³-hybridized carbons (Fsp3) is 0.391. The third-order valence-electron chi connectivity index (χ3n) is 5.42. The molecule has 9 nitrogen and oxygen atoms in total. The van der Waals surface area contributed by atoms with Gasteiger partial charge in [0.25, 0.3) is 11.5 Å². The third-order valence-corrected chi connectivity index (χ3v) is 5.42. The number of amides is 1. The molecule has 1 aromatic carbocycles. The van der Waals surface area contributed by atoms with Crippen LogP contribution in [0.3, 0.4) is 0 Å². The van der Waals surface area contributed by atoms with Gasteiger partial charge in [0.05, 0.1) is 12.2 Å². The molecule has 3 rings (SSSR count). The zero-order valence-electron chi connectivity index (χ0n) is 19.0. The summed E-state index contributed by atoms with van der Waals surface area (Å²) in [6.45, 7) is 8.90. The number of carbonyl (C=O) groups is 1. The predicted molar refractivity (Wildman–Crippen MR) is 125 cm³/mol. The molecule has 0 aliphatic rings. The van der Waals surface area contributed by atoms with Gasteiger partial charge in [-0.25, -0.2) is 4.79 Å². The van der Waals surface area contributed by atoms with E-state index in [9.17, 15) is 14.4 Å². The van der Waals surface area contributed by atoms with E-state index in [1.54, 1.807) is 19.1 Å². The Morgan fingerprint density at radius 3 is 2.41 bits per heavy atom. The van der Waals surface area contributed by atoms with Crippen molar-refractivity contribution in [2.24, 2.45) is 0 Å². The van der Waals surface area contributed by atoms with Crippen LogP contribution in [0, 0.1) is 13.8 Å². The zero-order chi connectivity index (χ0) is 23.4. The molecular formula is C23H30N6O3. The smallest absolute Gasteiger partial charge is 0.330 e. The molecule has 0 aliphatic heterocycles. The first-order valence-electron chi connectivity index (χ1n) is 10.8. The first kappa shape index (κ1) is 23.1. The van der Waals surface area contributed by atoms with E-state index < -0.39 is 11.2 Å². The van der Waals surface area contributed by atoms with Gasteiger partial charge in [-0.1, -0.05) is 25.5 Å². The summed E-state index contributed by atoms with van der Waals surface area (Å²) >= 11 is 0. The summed E-state index contributed by atoms with van der Waals surface area (Å²) in [5.74, 6) is -0.355. The fourth-order valence-electron chi connectivity index (χ4n) is 3.70. The molecule has 0 unspecified atom stereocenters. The van der Waals surface area contributed by atoms with Crippen molar-refractivity contribution in [3.05, 3.63) is 73.7 Å². The summed E-state index contributed by atoms with van der Waals surface area (Å²) in [5, 5.41) is 4.46. The maximum Gasteiger partial charge on any atom is 0.330 e. The highest BCUT2D eigenvalue weighted by atomic mass is 16.2. The van der Waals surface area contributed by atoms with Gasteiger partial charge in [-0.05, 0) is 51.0 Å². The fourth-order valence-corrected chi connectivity index (χ4v) is 3.70. The van der Waals surface area contributed by atoms with E-state index in [4.69, 9.17) is 5.73 Å². The third kappa shape index (κ3) is 4.66. The van der Waals surface area contributed by atoms with Crippen molar-refractivity contribution in [3.63, 3.8) is 0 Å². The maximum atomic E-state index is 13.2. The number of rotatable bonds is 8. The Morgan fingerprint density at radius 1 is 1.16 bits per heavy atom. The molecule has 0 fully saturated rings. The SMILES string of the molecule is CCCCn1c(N)c(N(CC)C(=O)c2ccc(Cn3nc(C)cc3C)cc2)c(=O)[nH]c1=O. The second-order valence-corrected chi connectivity index (χ2v) is 7.83. The van der Waals surface area contributed by atoms with Crippen LogP contribution in [0.2, 0.25) is 0 Å². The second kappa shape index (κ2) is 9.67. The average molecular weight is 439 g/mol. The Hall–Kier alpha value is -3.62. The summed E-state index contributed by atoms with van der Waals surface area (Å²) in [6.07, 6.45) is 1.59. The van der Waals surface area contributed by atoms with Gasteiger partial charge >= 0.3 is 5.69 Å². The van der Waals surface area contributed by atoms with E-state index in [2.05, 4.69) is 10.1 Å². The predicted octanol–water partition coefficient (Wildman–Crippen LogP) is 2.45. The average Bonchev–Trinajstić information content (AvgIpc) is 3.07. The lowest BCUT2D eigenvalue weighted by Gasteiger charge is -2.23. The molecule has 3 N–H and O–H groups in total. The van der Waals surface area contributed by atoms with Crippen LogP contribution in [0.4, 0.5) is 11.5 Å². The lowest BCUT2D eigenvalue weighted by Crippen LogP contribution is -2.41. The van der Waals surface area contributed by atoms with Gasteiger partial charge in [0.15, 0.2) is 5.69 Å². The molecule has 0 saturated heterocycles. The summed E-state index contributed by atoms with van der Waals surface area (Å²) in [6, 6.07) is 9.20. The van der Waals surface area contributed by atoms with Crippen LogP contribution < -0.4 is 21.9 Å². The number of aryl methyl sites for hydroxylation is 2. The molecule has 2 aromatic heterocycles. The van der Waals surface area contributed by atoms with Gasteiger partial charge in [-0.3, -0.25) is 23.8 Å². The number of hydrogen-bond acceptors (Lipinski definition) is 5. The van der Waals surface area contributed by atoms with Crippen LogP contribution >= 0.6 is 0 Å². The Labute approximate surface area is 186 Å². The molecule has 0 aliphatic carbocycles.